The van der Waals surface area contributed by atoms with Crippen LogP contribution in [0.15, 0.2) is 71.6 Å². The Hall–Kier alpha value is -3.05. The topological polar surface area (TPSA) is 96.6 Å². The zero-order valence-electron chi connectivity index (χ0n) is 17.3. The average Bonchev–Trinajstić information content (AvgIpc) is 3.18. The molecule has 6 nitrogen and oxygen atoms in total. The van der Waals surface area contributed by atoms with E-state index in [1.807, 2.05) is 0 Å². The molecule has 0 fully saturated rings. The highest BCUT2D eigenvalue weighted by Crippen LogP contribution is 2.40. The molecule has 0 saturated heterocycles. The predicted octanol–water partition coefficient (Wildman–Crippen LogP) is 5.98. The molecule has 0 amide bonds. The molecule has 4 rings (SSSR count). The molecule has 4 aromatic rings. The van der Waals surface area contributed by atoms with Gasteiger partial charge in [-0.2, -0.15) is 13.2 Å². The fourth-order valence-corrected chi connectivity index (χ4v) is 5.88. The van der Waals surface area contributed by atoms with E-state index in [4.69, 9.17) is 23.2 Å². The van der Waals surface area contributed by atoms with Crippen molar-refractivity contribution in [1.29, 1.82) is 0 Å². The lowest BCUT2D eigenvalue weighted by Crippen LogP contribution is -2.19. The number of carboxylic acid groups (broad SMARTS) is 1. The molecule has 0 bridgehead atoms. The molecule has 1 aromatic heterocycles. The van der Waals surface area contributed by atoms with Crippen molar-refractivity contribution in [2.45, 2.75) is 17.2 Å². The molecule has 0 aliphatic carbocycles. The Kier molecular flexibility index (Phi) is 6.35. The molecule has 35 heavy (non-hydrogen) atoms. The van der Waals surface area contributed by atoms with Crippen LogP contribution in [0, 0.1) is 0 Å². The van der Waals surface area contributed by atoms with Gasteiger partial charge in [0, 0.05) is 16.0 Å². The summed E-state index contributed by atoms with van der Waals surface area (Å²) in [6.45, 7) is 0. The van der Waals surface area contributed by atoms with Crippen LogP contribution in [0.4, 0.5) is 13.2 Å². The van der Waals surface area contributed by atoms with Crippen molar-refractivity contribution in [2.75, 3.05) is 0 Å². The summed E-state index contributed by atoms with van der Waals surface area (Å²) < 4.78 is 68.0. The van der Waals surface area contributed by atoms with E-state index in [1.54, 1.807) is 6.07 Å². The Morgan fingerprint density at radius 1 is 0.971 bits per heavy atom. The zero-order chi connectivity index (χ0) is 25.7. The summed E-state index contributed by atoms with van der Waals surface area (Å²) in [6, 6.07) is 12.9. The van der Waals surface area contributed by atoms with Crippen LogP contribution in [0.5, 0.6) is 0 Å². The van der Waals surface area contributed by atoms with Gasteiger partial charge in [-0.3, -0.25) is 0 Å². The number of halogens is 5. The lowest BCUT2D eigenvalue weighted by atomic mass is 10.0. The second-order valence-electron chi connectivity index (χ2n) is 7.45. The van der Waals surface area contributed by atoms with Crippen molar-refractivity contribution < 1.29 is 36.6 Å². The molecule has 12 heteroatoms. The highest BCUT2D eigenvalue weighted by molar-refractivity contribution is 7.90. The molecular weight excluding hydrogens is 530 g/mol. The Morgan fingerprint density at radius 3 is 2.23 bits per heavy atom. The molecule has 2 N–H and O–H groups in total. The quantitative estimate of drug-likeness (QED) is 0.322. The van der Waals surface area contributed by atoms with E-state index in [9.17, 15) is 36.6 Å². The van der Waals surface area contributed by atoms with Gasteiger partial charge in [-0.25, -0.2) is 17.2 Å². The summed E-state index contributed by atoms with van der Waals surface area (Å²) in [5.41, 5.74) is -2.54. The summed E-state index contributed by atoms with van der Waals surface area (Å²) in [6.07, 6.45) is -6.67. The highest BCUT2D eigenvalue weighted by Gasteiger charge is 2.34. The number of aromatic carboxylic acids is 1. The molecule has 1 heterocycles. The van der Waals surface area contributed by atoms with Crippen molar-refractivity contribution in [2.24, 2.45) is 0 Å². The van der Waals surface area contributed by atoms with Gasteiger partial charge in [0.1, 0.15) is 6.10 Å². The first kappa shape index (κ1) is 25.1. The smallest absolute Gasteiger partial charge is 0.416 e. The van der Waals surface area contributed by atoms with Gasteiger partial charge < -0.3 is 10.2 Å². The Bertz CT molecular complexity index is 1570. The number of carbonyl (C=O) groups is 1. The van der Waals surface area contributed by atoms with E-state index in [0.29, 0.717) is 10.0 Å². The van der Waals surface area contributed by atoms with Crippen LogP contribution >= 0.6 is 23.2 Å². The second-order valence-corrected chi connectivity index (χ2v) is 10.0. The average molecular weight is 544 g/mol. The van der Waals surface area contributed by atoms with E-state index in [-0.39, 0.29) is 32.1 Å². The van der Waals surface area contributed by atoms with Crippen molar-refractivity contribution in [3.05, 3.63) is 99.2 Å². The first-order valence-corrected chi connectivity index (χ1v) is 12.0. The number of aromatic nitrogens is 1. The number of benzene rings is 3. The summed E-state index contributed by atoms with van der Waals surface area (Å²) in [5.74, 6) is -1.42. The fourth-order valence-electron chi connectivity index (χ4n) is 3.66. The molecule has 1 atom stereocenters. The van der Waals surface area contributed by atoms with E-state index >= 15 is 0 Å². The van der Waals surface area contributed by atoms with Crippen LogP contribution in [0.2, 0.25) is 10.0 Å². The second kappa shape index (κ2) is 8.87. The lowest BCUT2D eigenvalue weighted by Gasteiger charge is -2.19. The van der Waals surface area contributed by atoms with Gasteiger partial charge in [-0.15, -0.1) is 0 Å². The summed E-state index contributed by atoms with van der Waals surface area (Å²) in [7, 11) is -4.53. The number of carboxylic acids is 1. The highest BCUT2D eigenvalue weighted by atomic mass is 35.5. The molecule has 0 radical (unpaired) electrons. The number of alkyl halides is 3. The number of hydrogen-bond donors (Lipinski definition) is 2. The van der Waals surface area contributed by atoms with Gasteiger partial charge in [-0.1, -0.05) is 47.5 Å². The van der Waals surface area contributed by atoms with Crippen molar-refractivity contribution >= 4 is 50.1 Å². The number of aliphatic hydroxyl groups excluding tert-OH is 1. The largest absolute Gasteiger partial charge is 0.478 e. The maximum atomic E-state index is 13.6. The fraction of sp³-hybridized carbons (Fsp3) is 0.0870. The van der Waals surface area contributed by atoms with Crippen molar-refractivity contribution in [3.63, 3.8) is 0 Å². The Labute approximate surface area is 206 Å². The van der Waals surface area contributed by atoms with Crippen LogP contribution in [-0.4, -0.2) is 28.6 Å². The van der Waals surface area contributed by atoms with Crippen LogP contribution in [0.25, 0.3) is 10.9 Å². The normalized spacial score (nSPS) is 13.2. The third kappa shape index (κ3) is 4.38. The minimum absolute atomic E-state index is 0.0770. The minimum Gasteiger partial charge on any atom is -0.478 e. The van der Waals surface area contributed by atoms with Crippen LogP contribution in [0.3, 0.4) is 0 Å². The summed E-state index contributed by atoms with van der Waals surface area (Å²) in [4.78, 5) is 11.3. The SMILES string of the molecule is O=C(O)c1ccc(Cl)c(C(O)c2cc3ccc(C(F)(F)F)cc3n2S(=O)(=O)c2ccccc2)c1Cl. The van der Waals surface area contributed by atoms with E-state index in [1.165, 1.54) is 30.3 Å². The molecule has 0 aliphatic rings. The molecule has 182 valence electrons. The van der Waals surface area contributed by atoms with Gasteiger partial charge in [0.2, 0.25) is 0 Å². The van der Waals surface area contributed by atoms with Crippen LogP contribution < -0.4 is 0 Å². The maximum absolute atomic E-state index is 13.6. The minimum atomic E-state index is -4.76. The van der Waals surface area contributed by atoms with Crippen molar-refractivity contribution in [1.82, 2.24) is 3.97 Å². The number of rotatable bonds is 5. The lowest BCUT2D eigenvalue weighted by molar-refractivity contribution is -0.137. The standard InChI is InChI=1S/C23H14Cl2F3NO5S/c24-16-9-8-15(22(31)32)20(25)19(16)21(30)18-10-12-6-7-13(23(26,27)28)11-17(12)29(18)35(33,34)14-4-2-1-3-5-14/h1-11,21,30H,(H,31,32). The summed E-state index contributed by atoms with van der Waals surface area (Å²) >= 11 is 12.4. The predicted molar refractivity (Wildman–Crippen MR) is 123 cm³/mol. The van der Waals surface area contributed by atoms with Gasteiger partial charge in [0.05, 0.1) is 32.3 Å². The van der Waals surface area contributed by atoms with Gasteiger partial charge in [0.25, 0.3) is 10.0 Å². The van der Waals surface area contributed by atoms with Crippen molar-refractivity contribution in [3.8, 4) is 0 Å². The monoisotopic (exact) mass is 543 g/mol. The Morgan fingerprint density at radius 2 is 1.63 bits per heavy atom. The van der Waals surface area contributed by atoms with Gasteiger partial charge in [-0.05, 0) is 42.5 Å². The molecule has 0 saturated carbocycles. The molecule has 1 unspecified atom stereocenters. The van der Waals surface area contributed by atoms with Gasteiger partial charge in [0.15, 0.2) is 0 Å². The Balaban J connectivity index is 2.07. The van der Waals surface area contributed by atoms with E-state index in [0.717, 1.165) is 24.3 Å². The first-order chi connectivity index (χ1) is 16.3. The molecule has 0 spiro atoms. The third-order valence-corrected chi connectivity index (χ3v) is 7.80. The number of fused-ring (bicyclic) bond motifs is 1. The van der Waals surface area contributed by atoms with E-state index < -0.39 is 44.4 Å². The zero-order valence-corrected chi connectivity index (χ0v) is 19.6. The molecular formula is C23H14Cl2F3NO5S. The number of aliphatic hydroxyl groups is 1. The first-order valence-electron chi connectivity index (χ1n) is 9.76. The van der Waals surface area contributed by atoms with E-state index in [2.05, 4.69) is 0 Å². The van der Waals surface area contributed by atoms with Crippen LogP contribution in [-0.2, 0) is 16.2 Å². The maximum Gasteiger partial charge on any atom is 0.416 e. The van der Waals surface area contributed by atoms with Crippen LogP contribution in [0.1, 0.15) is 33.3 Å². The molecule has 0 aliphatic heterocycles. The van der Waals surface area contributed by atoms with Gasteiger partial charge >= 0.3 is 12.1 Å². The third-order valence-electron chi connectivity index (χ3n) is 5.31. The number of nitrogens with zero attached hydrogens (tertiary/aromatic N) is 1. The summed E-state index contributed by atoms with van der Waals surface area (Å²) in [5, 5.41) is 20.0. The number of hydrogen-bond acceptors (Lipinski definition) is 4. The molecule has 3 aromatic carbocycles.